The number of hydrogen-bond donors (Lipinski definition) is 2. The molecule has 0 unspecified atom stereocenters. The fourth-order valence-electron chi connectivity index (χ4n) is 4.02. The topological polar surface area (TPSA) is 79.0 Å². The molecule has 6 nitrogen and oxygen atoms in total. The van der Waals surface area contributed by atoms with E-state index in [2.05, 4.69) is 0 Å². The van der Waals surface area contributed by atoms with Gasteiger partial charge in [0.1, 0.15) is 5.75 Å². The van der Waals surface area contributed by atoms with Gasteiger partial charge in [0.2, 0.25) is 0 Å². The Hall–Kier alpha value is -1.50. The average Bonchev–Trinajstić information content (AvgIpc) is 2.63. The molecule has 0 aliphatic carbocycles. The molecule has 0 bridgehead atoms. The van der Waals surface area contributed by atoms with Crippen LogP contribution in [0.25, 0.3) is 0 Å². The highest BCUT2D eigenvalue weighted by molar-refractivity contribution is 5.85. The molecule has 26 heavy (non-hydrogen) atoms. The van der Waals surface area contributed by atoms with Gasteiger partial charge in [0.05, 0.1) is 12.2 Å². The van der Waals surface area contributed by atoms with Gasteiger partial charge in [0, 0.05) is 45.7 Å². The number of hydrogen-bond acceptors (Lipinski definition) is 4. The van der Waals surface area contributed by atoms with E-state index in [-0.39, 0.29) is 30.6 Å². The van der Waals surface area contributed by atoms with Gasteiger partial charge in [-0.25, -0.2) is 4.79 Å². The Bertz CT molecular complexity index is 645. The summed E-state index contributed by atoms with van der Waals surface area (Å²) in [6.07, 6.45) is 2.44. The van der Waals surface area contributed by atoms with E-state index in [1.165, 1.54) is 0 Å². The molecule has 3 N–H and O–H groups in total. The Kier molecular flexibility index (Phi) is 6.77. The molecule has 7 heteroatoms. The lowest BCUT2D eigenvalue weighted by molar-refractivity contribution is -0.0629. The van der Waals surface area contributed by atoms with Crippen LogP contribution in [0.4, 0.5) is 4.79 Å². The molecule has 2 aliphatic heterocycles. The molecule has 2 amide bonds. The monoisotopic (exact) mass is 383 g/mol. The Balaban J connectivity index is 0.00000243. The van der Waals surface area contributed by atoms with Gasteiger partial charge in [-0.15, -0.1) is 12.4 Å². The zero-order valence-corrected chi connectivity index (χ0v) is 16.6. The van der Waals surface area contributed by atoms with E-state index in [4.69, 9.17) is 10.5 Å². The number of phenolic OH excluding ortho intramolecular Hbond substituents is 1. The molecule has 1 saturated heterocycles. The first kappa shape index (κ1) is 20.8. The van der Waals surface area contributed by atoms with Crippen molar-refractivity contribution in [3.05, 3.63) is 28.8 Å². The number of carbonyl (C=O) groups is 1. The van der Waals surface area contributed by atoms with E-state index in [1.807, 2.05) is 24.0 Å². The van der Waals surface area contributed by atoms with Crippen LogP contribution in [0, 0.1) is 12.8 Å². The molecule has 2 heterocycles. The van der Waals surface area contributed by atoms with Crippen molar-refractivity contribution in [2.24, 2.45) is 11.7 Å². The molecule has 0 spiro atoms. The summed E-state index contributed by atoms with van der Waals surface area (Å²) in [5.74, 6) is 0.762. The number of rotatable bonds is 2. The van der Waals surface area contributed by atoms with Crippen LogP contribution in [-0.2, 0) is 11.2 Å². The normalized spacial score (nSPS) is 23.2. The highest BCUT2D eigenvalue weighted by atomic mass is 35.5. The molecule has 0 saturated carbocycles. The molecule has 2 atom stereocenters. The molecule has 146 valence electrons. The van der Waals surface area contributed by atoms with Gasteiger partial charge in [-0.1, -0.05) is 12.1 Å². The number of benzene rings is 1. The van der Waals surface area contributed by atoms with Crippen LogP contribution in [0.1, 0.15) is 35.6 Å². The first-order chi connectivity index (χ1) is 11.9. The molecule has 2 aliphatic rings. The van der Waals surface area contributed by atoms with E-state index >= 15 is 0 Å². The number of nitrogens with two attached hydrogens (primary N) is 1. The average molecular weight is 384 g/mol. The summed E-state index contributed by atoms with van der Waals surface area (Å²) in [6, 6.07) is 4.02. The maximum Gasteiger partial charge on any atom is 0.319 e. The summed E-state index contributed by atoms with van der Waals surface area (Å²) in [5.41, 5.74) is 8.82. The van der Waals surface area contributed by atoms with E-state index in [0.717, 1.165) is 42.6 Å². The quantitative estimate of drug-likeness (QED) is 0.822. The molecule has 0 aromatic heterocycles. The van der Waals surface area contributed by atoms with Crippen LogP contribution in [-0.4, -0.2) is 60.8 Å². The summed E-state index contributed by atoms with van der Waals surface area (Å²) in [6.45, 7) is 3.83. The molecule has 1 aromatic carbocycles. The lowest BCUT2D eigenvalue weighted by Gasteiger charge is -2.41. The second-order valence-corrected chi connectivity index (χ2v) is 7.40. The largest absolute Gasteiger partial charge is 0.507 e. The lowest BCUT2D eigenvalue weighted by Crippen LogP contribution is -2.47. The van der Waals surface area contributed by atoms with Crippen molar-refractivity contribution in [3.8, 4) is 5.75 Å². The standard InChI is InChI=1S/C19H29N3O3.ClH/c1-12-4-5-14-15(18(12)23)10-16(25-17(14)11-20)13-6-8-22(9-7-13)19(24)21(2)3;/h4-5,13,16-17,23H,6-11,20H2,1-3H3;1H/t16-,17-;/m0./s1. The molecule has 0 radical (unpaired) electrons. The maximum atomic E-state index is 12.1. The summed E-state index contributed by atoms with van der Waals surface area (Å²) in [7, 11) is 3.57. The number of ether oxygens (including phenoxy) is 1. The third kappa shape index (κ3) is 3.92. The van der Waals surface area contributed by atoms with Gasteiger partial charge < -0.3 is 25.4 Å². The third-order valence-corrected chi connectivity index (χ3v) is 5.54. The minimum absolute atomic E-state index is 0. The highest BCUT2D eigenvalue weighted by Gasteiger charge is 2.36. The second-order valence-electron chi connectivity index (χ2n) is 7.40. The number of carbonyl (C=O) groups excluding carboxylic acids is 1. The first-order valence-electron chi connectivity index (χ1n) is 9.05. The van der Waals surface area contributed by atoms with Crippen LogP contribution in [0.2, 0.25) is 0 Å². The number of amides is 2. The Labute approximate surface area is 161 Å². The van der Waals surface area contributed by atoms with E-state index < -0.39 is 0 Å². The van der Waals surface area contributed by atoms with Crippen molar-refractivity contribution < 1.29 is 14.6 Å². The predicted octanol–water partition coefficient (Wildman–Crippen LogP) is 2.46. The van der Waals surface area contributed by atoms with Gasteiger partial charge in [0.25, 0.3) is 0 Å². The number of halogens is 1. The second kappa shape index (κ2) is 8.46. The molecular weight excluding hydrogens is 354 g/mol. The maximum absolute atomic E-state index is 12.1. The number of urea groups is 1. The zero-order chi connectivity index (χ0) is 18.1. The molecule has 1 fully saturated rings. The summed E-state index contributed by atoms with van der Waals surface area (Å²) < 4.78 is 6.29. The number of likely N-dealkylation sites (tertiary alicyclic amines) is 1. The lowest BCUT2D eigenvalue weighted by atomic mass is 9.83. The van der Waals surface area contributed by atoms with Crippen molar-refractivity contribution >= 4 is 18.4 Å². The minimum atomic E-state index is -0.165. The predicted molar refractivity (Wildman–Crippen MR) is 104 cm³/mol. The van der Waals surface area contributed by atoms with Crippen LogP contribution >= 0.6 is 12.4 Å². The van der Waals surface area contributed by atoms with Gasteiger partial charge in [-0.05, 0) is 36.8 Å². The number of piperidine rings is 1. The molecule has 3 rings (SSSR count). The van der Waals surface area contributed by atoms with Crippen LogP contribution in [0.5, 0.6) is 5.75 Å². The molecule has 1 aromatic rings. The Morgan fingerprint density at radius 3 is 2.58 bits per heavy atom. The minimum Gasteiger partial charge on any atom is -0.507 e. The number of fused-ring (bicyclic) bond motifs is 1. The van der Waals surface area contributed by atoms with E-state index in [0.29, 0.717) is 24.6 Å². The Morgan fingerprint density at radius 1 is 1.35 bits per heavy atom. The summed E-state index contributed by atoms with van der Waals surface area (Å²) >= 11 is 0. The van der Waals surface area contributed by atoms with Gasteiger partial charge >= 0.3 is 6.03 Å². The van der Waals surface area contributed by atoms with Crippen molar-refractivity contribution in [1.29, 1.82) is 0 Å². The van der Waals surface area contributed by atoms with Gasteiger partial charge in [-0.3, -0.25) is 0 Å². The fraction of sp³-hybridized carbons (Fsp3) is 0.632. The van der Waals surface area contributed by atoms with Gasteiger partial charge in [0.15, 0.2) is 0 Å². The van der Waals surface area contributed by atoms with Crippen LogP contribution in [0.3, 0.4) is 0 Å². The van der Waals surface area contributed by atoms with Crippen molar-refractivity contribution in [2.75, 3.05) is 33.7 Å². The third-order valence-electron chi connectivity index (χ3n) is 5.54. The smallest absolute Gasteiger partial charge is 0.319 e. The van der Waals surface area contributed by atoms with E-state index in [9.17, 15) is 9.90 Å². The molecular formula is C19H30ClN3O3. The van der Waals surface area contributed by atoms with Crippen LogP contribution < -0.4 is 5.73 Å². The van der Waals surface area contributed by atoms with Crippen molar-refractivity contribution in [2.45, 2.75) is 38.4 Å². The summed E-state index contributed by atoms with van der Waals surface area (Å²) in [5, 5.41) is 10.5. The zero-order valence-electron chi connectivity index (χ0n) is 15.8. The van der Waals surface area contributed by atoms with Gasteiger partial charge in [-0.2, -0.15) is 0 Å². The fourth-order valence-corrected chi connectivity index (χ4v) is 4.02. The van der Waals surface area contributed by atoms with Crippen molar-refractivity contribution in [1.82, 2.24) is 9.80 Å². The Morgan fingerprint density at radius 2 is 2.00 bits per heavy atom. The van der Waals surface area contributed by atoms with Crippen molar-refractivity contribution in [3.63, 3.8) is 0 Å². The SMILES string of the molecule is Cc1ccc2c(c1O)C[C@@H](C1CCN(C(=O)N(C)C)CC1)O[C@H]2CN.Cl. The highest BCUT2D eigenvalue weighted by Crippen LogP contribution is 2.40. The van der Waals surface area contributed by atoms with Crippen LogP contribution in [0.15, 0.2) is 12.1 Å². The number of nitrogens with zero attached hydrogens (tertiary/aromatic N) is 2. The summed E-state index contributed by atoms with van der Waals surface area (Å²) in [4.78, 5) is 15.6. The number of aromatic hydroxyl groups is 1. The first-order valence-corrected chi connectivity index (χ1v) is 9.05. The number of phenols is 1. The van der Waals surface area contributed by atoms with E-state index in [1.54, 1.807) is 19.0 Å². The number of aryl methyl sites for hydroxylation is 1.